The van der Waals surface area contributed by atoms with Crippen LogP contribution in [0.5, 0.6) is 28.7 Å². The van der Waals surface area contributed by atoms with Crippen LogP contribution in [-0.2, 0) is 4.79 Å². The van der Waals surface area contributed by atoms with E-state index in [0.717, 1.165) is 11.3 Å². The maximum Gasteiger partial charge on any atom is 0.200 e. The van der Waals surface area contributed by atoms with E-state index < -0.39 is 12.1 Å². The Morgan fingerprint density at radius 1 is 0.833 bits per heavy atom. The highest BCUT2D eigenvalue weighted by molar-refractivity contribution is 5.99. The number of methoxy groups -OCH3 is 4. The predicted molar refractivity (Wildman–Crippen MR) is 130 cm³/mol. The van der Waals surface area contributed by atoms with Crippen LogP contribution >= 0.6 is 0 Å². The van der Waals surface area contributed by atoms with Gasteiger partial charge in [-0.15, -0.1) is 0 Å². The molecule has 0 aromatic heterocycles. The van der Waals surface area contributed by atoms with Crippen LogP contribution in [0, 0.1) is 5.92 Å². The molecule has 1 saturated heterocycles. The van der Waals surface area contributed by atoms with Gasteiger partial charge in [0.05, 0.1) is 34.6 Å². The number of hydrogen-bond donors (Lipinski definition) is 5. The first-order chi connectivity index (χ1) is 17.4. The molecule has 1 fully saturated rings. The smallest absolute Gasteiger partial charge is 0.200 e. The minimum Gasteiger partial charge on any atom is -0.502 e. The summed E-state index contributed by atoms with van der Waals surface area (Å²) in [5, 5.41) is 24.7. The third kappa shape index (κ3) is 3.91. The third-order valence-corrected chi connectivity index (χ3v) is 7.41. The zero-order valence-electron chi connectivity index (χ0n) is 20.6. The van der Waals surface area contributed by atoms with Crippen molar-refractivity contribution in [3.05, 3.63) is 52.7 Å². The summed E-state index contributed by atoms with van der Waals surface area (Å²) in [6.07, 6.45) is -0.289. The van der Waals surface area contributed by atoms with Crippen LogP contribution in [0.1, 0.15) is 35.8 Å². The number of ketones is 1. The Labute approximate surface area is 209 Å². The normalized spacial score (nSPS) is 27.1. The molecule has 0 radical (unpaired) electrons. The molecule has 1 aliphatic carbocycles. The number of rotatable bonds is 6. The minimum atomic E-state index is -0.899. The molecule has 36 heavy (non-hydrogen) atoms. The number of aliphatic hydroxyl groups excluding tert-OH is 1. The van der Waals surface area contributed by atoms with Gasteiger partial charge in [0.25, 0.3) is 0 Å². The number of aliphatic hydroxyl groups is 1. The minimum absolute atomic E-state index is 0.00269. The van der Waals surface area contributed by atoms with Gasteiger partial charge in [-0.25, -0.2) is 10.9 Å². The average Bonchev–Trinajstić information content (AvgIpc) is 3.27. The highest BCUT2D eigenvalue weighted by Gasteiger charge is 2.50. The number of fused-ring (bicyclic) bond motifs is 1. The Kier molecular flexibility index (Phi) is 6.42. The molecule has 10 heteroatoms. The second kappa shape index (κ2) is 9.53. The lowest BCUT2D eigenvalue weighted by atomic mass is 9.68. The molecule has 5 N–H and O–H groups in total. The van der Waals surface area contributed by atoms with Crippen LogP contribution in [0.25, 0.3) is 0 Å². The highest BCUT2D eigenvalue weighted by atomic mass is 16.5. The lowest BCUT2D eigenvalue weighted by molar-refractivity contribution is -0.117. The number of phenols is 1. The van der Waals surface area contributed by atoms with Gasteiger partial charge in [-0.2, -0.15) is 0 Å². The molecule has 10 nitrogen and oxygen atoms in total. The average molecular weight is 498 g/mol. The standard InChI is InChI=1S/C26H31N3O7/c1-33-17-6-5-12(9-18(17)34-2)13-7-15-22(16(30)8-13)21(23-25(27-15)28-29-26(23)32)14-10-19(35-3)24(31)20(11-14)36-4/h5-6,9-11,13,21,23,25-29,31-32H,7-8H2,1-4H3/t13-,21-,23?,25?,26?/m1/s1. The number of benzene rings is 2. The van der Waals surface area contributed by atoms with Crippen molar-refractivity contribution in [2.75, 3.05) is 28.4 Å². The monoisotopic (exact) mass is 497 g/mol. The number of phenolic OH excluding ortho intramolecular Hbond substituents is 1. The predicted octanol–water partition coefficient (Wildman–Crippen LogP) is 1.88. The Balaban J connectivity index is 1.59. The molecule has 192 valence electrons. The Bertz CT molecular complexity index is 1190. The number of Topliss-reactive ketones (excluding diaryl/α,β-unsaturated/α-hetero) is 1. The van der Waals surface area contributed by atoms with Crippen LogP contribution in [0.15, 0.2) is 41.6 Å². The van der Waals surface area contributed by atoms with Crippen LogP contribution in [0.3, 0.4) is 0 Å². The third-order valence-electron chi connectivity index (χ3n) is 7.41. The quantitative estimate of drug-likeness (QED) is 0.403. The van der Waals surface area contributed by atoms with Crippen LogP contribution < -0.4 is 35.1 Å². The first-order valence-corrected chi connectivity index (χ1v) is 11.8. The molecule has 3 unspecified atom stereocenters. The molecule has 0 saturated carbocycles. The van der Waals surface area contributed by atoms with Crippen molar-refractivity contribution in [2.45, 2.75) is 37.1 Å². The maximum atomic E-state index is 13.8. The molecule has 2 aliphatic heterocycles. The number of aromatic hydroxyl groups is 1. The van der Waals surface area contributed by atoms with Crippen molar-refractivity contribution >= 4 is 5.78 Å². The fourth-order valence-corrected chi connectivity index (χ4v) is 5.69. The van der Waals surface area contributed by atoms with Crippen molar-refractivity contribution in [1.82, 2.24) is 16.2 Å². The summed E-state index contributed by atoms with van der Waals surface area (Å²) in [5.74, 6) is 0.714. The molecule has 5 atom stereocenters. The van der Waals surface area contributed by atoms with E-state index in [2.05, 4.69) is 16.2 Å². The number of carbonyl (C=O) groups is 1. The topological polar surface area (TPSA) is 131 Å². The van der Waals surface area contributed by atoms with E-state index in [4.69, 9.17) is 18.9 Å². The molecule has 0 amide bonds. The van der Waals surface area contributed by atoms with Gasteiger partial charge in [-0.05, 0) is 47.7 Å². The number of allylic oxidation sites excluding steroid dienone is 2. The largest absolute Gasteiger partial charge is 0.502 e. The van der Waals surface area contributed by atoms with Gasteiger partial charge < -0.3 is 34.5 Å². The van der Waals surface area contributed by atoms with Crippen molar-refractivity contribution < 1.29 is 34.0 Å². The summed E-state index contributed by atoms with van der Waals surface area (Å²) < 4.78 is 21.6. The van der Waals surface area contributed by atoms with Gasteiger partial charge >= 0.3 is 0 Å². The van der Waals surface area contributed by atoms with E-state index >= 15 is 0 Å². The SMILES string of the molecule is COc1ccc([C@H]2CC(=O)C3=C(C2)NC2NNC(O)C2[C@@H]3c2cc(OC)c(O)c(OC)c2)cc1OC. The van der Waals surface area contributed by atoms with Gasteiger partial charge in [0, 0.05) is 29.5 Å². The van der Waals surface area contributed by atoms with Gasteiger partial charge in [-0.3, -0.25) is 4.79 Å². The number of hydrazine groups is 1. The van der Waals surface area contributed by atoms with E-state index in [1.54, 1.807) is 26.4 Å². The van der Waals surface area contributed by atoms with E-state index in [1.165, 1.54) is 14.2 Å². The lowest BCUT2D eigenvalue weighted by Crippen LogP contribution is -2.51. The van der Waals surface area contributed by atoms with Crippen molar-refractivity contribution in [3.63, 3.8) is 0 Å². The molecule has 5 rings (SSSR count). The number of carbonyl (C=O) groups excluding carboxylic acids is 1. The molecular weight excluding hydrogens is 466 g/mol. The lowest BCUT2D eigenvalue weighted by Gasteiger charge is -2.42. The summed E-state index contributed by atoms with van der Waals surface area (Å²) in [6, 6.07) is 9.13. The zero-order chi connectivity index (χ0) is 25.6. The number of ether oxygens (including phenoxy) is 4. The maximum absolute atomic E-state index is 13.8. The van der Waals surface area contributed by atoms with E-state index in [0.29, 0.717) is 35.5 Å². The van der Waals surface area contributed by atoms with Crippen molar-refractivity contribution in [1.29, 1.82) is 0 Å². The van der Waals surface area contributed by atoms with Crippen LogP contribution in [-0.4, -0.2) is 56.8 Å². The molecule has 0 bridgehead atoms. The van der Waals surface area contributed by atoms with Crippen LogP contribution in [0.4, 0.5) is 0 Å². The Hall–Kier alpha value is -3.47. The van der Waals surface area contributed by atoms with Crippen molar-refractivity contribution in [2.24, 2.45) is 5.92 Å². The number of nitrogens with one attached hydrogen (secondary N) is 3. The van der Waals surface area contributed by atoms with Gasteiger partial charge in [-0.1, -0.05) is 6.07 Å². The second-order valence-corrected chi connectivity index (χ2v) is 9.22. The molecule has 2 aromatic rings. The van der Waals surface area contributed by atoms with E-state index in [1.807, 2.05) is 18.2 Å². The summed E-state index contributed by atoms with van der Waals surface area (Å²) in [7, 11) is 6.10. The number of hydrogen-bond acceptors (Lipinski definition) is 10. The summed E-state index contributed by atoms with van der Waals surface area (Å²) in [6.45, 7) is 0. The molecule has 2 heterocycles. The Morgan fingerprint density at radius 3 is 2.11 bits per heavy atom. The van der Waals surface area contributed by atoms with Gasteiger partial charge in [0.15, 0.2) is 28.8 Å². The zero-order valence-corrected chi connectivity index (χ0v) is 20.6. The fourth-order valence-electron chi connectivity index (χ4n) is 5.69. The first-order valence-electron chi connectivity index (χ1n) is 11.8. The van der Waals surface area contributed by atoms with Crippen molar-refractivity contribution in [3.8, 4) is 28.7 Å². The van der Waals surface area contributed by atoms with E-state index in [9.17, 15) is 15.0 Å². The molecule has 0 spiro atoms. The highest BCUT2D eigenvalue weighted by Crippen LogP contribution is 2.50. The van der Waals surface area contributed by atoms with Crippen LogP contribution in [0.2, 0.25) is 0 Å². The fraction of sp³-hybridized carbons (Fsp3) is 0.423. The molecule has 2 aromatic carbocycles. The van der Waals surface area contributed by atoms with Gasteiger partial charge in [0.1, 0.15) is 6.23 Å². The second-order valence-electron chi connectivity index (χ2n) is 9.22. The molecular formula is C26H31N3O7. The first kappa shape index (κ1) is 24.2. The summed E-state index contributed by atoms with van der Waals surface area (Å²) >= 11 is 0. The summed E-state index contributed by atoms with van der Waals surface area (Å²) in [5.41, 5.74) is 9.15. The summed E-state index contributed by atoms with van der Waals surface area (Å²) in [4.78, 5) is 13.8. The Morgan fingerprint density at radius 2 is 1.47 bits per heavy atom. The molecule has 3 aliphatic rings. The van der Waals surface area contributed by atoms with Gasteiger partial charge in [0.2, 0.25) is 5.75 Å². The van der Waals surface area contributed by atoms with E-state index in [-0.39, 0.29) is 41.0 Å².